The van der Waals surface area contributed by atoms with Crippen LogP contribution in [-0.4, -0.2) is 53.1 Å². The van der Waals surface area contributed by atoms with E-state index in [0.717, 1.165) is 26.2 Å². The van der Waals surface area contributed by atoms with Crippen molar-refractivity contribution in [2.75, 3.05) is 26.2 Å². The van der Waals surface area contributed by atoms with E-state index in [1.165, 1.54) is 11.1 Å². The van der Waals surface area contributed by atoms with Gasteiger partial charge in [-0.25, -0.2) is 0 Å². The number of carboxylic acids is 1. The van der Waals surface area contributed by atoms with E-state index in [9.17, 15) is 9.90 Å². The first kappa shape index (κ1) is 16.7. The molecule has 2 aromatic carbocycles. The Bertz CT molecular complexity index is 612. The third kappa shape index (κ3) is 3.66. The zero-order chi connectivity index (χ0) is 16.9. The summed E-state index contributed by atoms with van der Waals surface area (Å²) in [6, 6.07) is 20.9. The highest BCUT2D eigenvalue weighted by atomic mass is 16.4. The van der Waals surface area contributed by atoms with E-state index in [1.807, 2.05) is 17.0 Å². The molecule has 0 bridgehead atoms. The van der Waals surface area contributed by atoms with Crippen molar-refractivity contribution >= 4 is 5.97 Å². The number of piperazine rings is 1. The SMILES string of the molecule is C[C@H](C(=O)O)N1CCN(C(c2ccccc2)c2ccccc2)CC1. The Kier molecular flexibility index (Phi) is 5.28. The van der Waals surface area contributed by atoms with E-state index in [2.05, 4.69) is 53.4 Å². The van der Waals surface area contributed by atoms with Crippen LogP contribution in [0, 0.1) is 0 Å². The number of benzene rings is 2. The van der Waals surface area contributed by atoms with Crippen molar-refractivity contribution in [1.82, 2.24) is 9.80 Å². The van der Waals surface area contributed by atoms with Gasteiger partial charge in [0, 0.05) is 26.2 Å². The van der Waals surface area contributed by atoms with E-state index in [0.29, 0.717) is 0 Å². The molecule has 1 fully saturated rings. The molecule has 0 saturated carbocycles. The van der Waals surface area contributed by atoms with Crippen LogP contribution in [0.1, 0.15) is 24.1 Å². The first-order chi connectivity index (χ1) is 11.7. The number of carbonyl (C=O) groups is 1. The predicted octanol–water partition coefficient (Wildman–Crippen LogP) is 2.87. The molecule has 2 aromatic rings. The average molecular weight is 324 g/mol. The Hall–Kier alpha value is -2.17. The van der Waals surface area contributed by atoms with Gasteiger partial charge in [-0.15, -0.1) is 0 Å². The van der Waals surface area contributed by atoms with Crippen LogP contribution in [0.25, 0.3) is 0 Å². The molecule has 1 heterocycles. The molecule has 1 saturated heterocycles. The molecule has 126 valence electrons. The molecular weight excluding hydrogens is 300 g/mol. The topological polar surface area (TPSA) is 43.8 Å². The molecule has 1 aliphatic rings. The number of hydrogen-bond donors (Lipinski definition) is 1. The molecular formula is C20H24N2O2. The van der Waals surface area contributed by atoms with Gasteiger partial charge in [0.15, 0.2) is 0 Å². The Morgan fingerprint density at radius 1 is 0.833 bits per heavy atom. The lowest BCUT2D eigenvalue weighted by molar-refractivity contribution is -0.143. The predicted molar refractivity (Wildman–Crippen MR) is 95.0 cm³/mol. The van der Waals surface area contributed by atoms with Crippen molar-refractivity contribution in [3.63, 3.8) is 0 Å². The molecule has 0 unspecified atom stereocenters. The number of nitrogens with zero attached hydrogens (tertiary/aromatic N) is 2. The number of carboxylic acid groups (broad SMARTS) is 1. The molecule has 0 amide bonds. The summed E-state index contributed by atoms with van der Waals surface area (Å²) in [5.41, 5.74) is 2.56. The zero-order valence-electron chi connectivity index (χ0n) is 14.0. The van der Waals surface area contributed by atoms with Gasteiger partial charge in [0.25, 0.3) is 0 Å². The second-order valence-electron chi connectivity index (χ2n) is 6.31. The summed E-state index contributed by atoms with van der Waals surface area (Å²) in [6.07, 6.45) is 0. The third-order valence-corrected chi connectivity index (χ3v) is 4.85. The fraction of sp³-hybridized carbons (Fsp3) is 0.350. The van der Waals surface area contributed by atoms with Gasteiger partial charge in [-0.05, 0) is 18.1 Å². The largest absolute Gasteiger partial charge is 0.480 e. The number of aliphatic carboxylic acids is 1. The van der Waals surface area contributed by atoms with Gasteiger partial charge in [0.05, 0.1) is 6.04 Å². The molecule has 0 aliphatic carbocycles. The van der Waals surface area contributed by atoms with Crippen LogP contribution >= 0.6 is 0 Å². The van der Waals surface area contributed by atoms with Gasteiger partial charge in [0.2, 0.25) is 0 Å². The Balaban J connectivity index is 1.80. The minimum atomic E-state index is -0.744. The molecule has 4 heteroatoms. The van der Waals surface area contributed by atoms with Crippen LogP contribution in [0.3, 0.4) is 0 Å². The Morgan fingerprint density at radius 3 is 1.67 bits per heavy atom. The fourth-order valence-corrected chi connectivity index (χ4v) is 3.42. The van der Waals surface area contributed by atoms with Gasteiger partial charge < -0.3 is 5.11 Å². The molecule has 4 nitrogen and oxygen atoms in total. The lowest BCUT2D eigenvalue weighted by Crippen LogP contribution is -2.52. The van der Waals surface area contributed by atoms with E-state index in [4.69, 9.17) is 0 Å². The maximum Gasteiger partial charge on any atom is 0.320 e. The minimum absolute atomic E-state index is 0.217. The van der Waals surface area contributed by atoms with Crippen LogP contribution < -0.4 is 0 Å². The summed E-state index contributed by atoms with van der Waals surface area (Å²) in [5, 5.41) is 9.21. The van der Waals surface area contributed by atoms with Crippen LogP contribution in [0.4, 0.5) is 0 Å². The smallest absolute Gasteiger partial charge is 0.320 e. The minimum Gasteiger partial charge on any atom is -0.480 e. The first-order valence-electron chi connectivity index (χ1n) is 8.47. The van der Waals surface area contributed by atoms with Gasteiger partial charge >= 0.3 is 5.97 Å². The molecule has 1 aliphatic heterocycles. The number of rotatable bonds is 5. The maximum atomic E-state index is 11.2. The summed E-state index contributed by atoms with van der Waals surface area (Å²) in [5.74, 6) is -0.744. The van der Waals surface area contributed by atoms with E-state index >= 15 is 0 Å². The van der Waals surface area contributed by atoms with Crippen LogP contribution in [0.15, 0.2) is 60.7 Å². The second kappa shape index (κ2) is 7.60. The van der Waals surface area contributed by atoms with Crippen molar-refractivity contribution in [3.8, 4) is 0 Å². The highest BCUT2D eigenvalue weighted by molar-refractivity contribution is 5.72. The number of hydrogen-bond acceptors (Lipinski definition) is 3. The summed E-state index contributed by atoms with van der Waals surface area (Å²) in [4.78, 5) is 15.7. The van der Waals surface area contributed by atoms with E-state index < -0.39 is 12.0 Å². The lowest BCUT2D eigenvalue weighted by Gasteiger charge is -2.41. The van der Waals surface area contributed by atoms with E-state index in [1.54, 1.807) is 6.92 Å². The van der Waals surface area contributed by atoms with Crippen LogP contribution in [-0.2, 0) is 4.79 Å². The second-order valence-corrected chi connectivity index (χ2v) is 6.31. The monoisotopic (exact) mass is 324 g/mol. The summed E-state index contributed by atoms with van der Waals surface area (Å²) >= 11 is 0. The molecule has 1 N–H and O–H groups in total. The van der Waals surface area contributed by atoms with Gasteiger partial charge in [-0.3, -0.25) is 14.6 Å². The lowest BCUT2D eigenvalue weighted by atomic mass is 9.96. The van der Waals surface area contributed by atoms with Crippen LogP contribution in [0.2, 0.25) is 0 Å². The summed E-state index contributed by atoms with van der Waals surface area (Å²) in [6.45, 7) is 5.06. The van der Waals surface area contributed by atoms with Crippen molar-refractivity contribution in [2.45, 2.75) is 19.0 Å². The molecule has 0 spiro atoms. The average Bonchev–Trinajstić information content (AvgIpc) is 2.64. The third-order valence-electron chi connectivity index (χ3n) is 4.85. The Labute approximate surface area is 143 Å². The quantitative estimate of drug-likeness (QED) is 0.918. The van der Waals surface area contributed by atoms with Crippen molar-refractivity contribution in [1.29, 1.82) is 0 Å². The van der Waals surface area contributed by atoms with Crippen molar-refractivity contribution < 1.29 is 9.90 Å². The van der Waals surface area contributed by atoms with Crippen molar-refractivity contribution in [3.05, 3.63) is 71.8 Å². The van der Waals surface area contributed by atoms with Gasteiger partial charge in [0.1, 0.15) is 6.04 Å². The highest BCUT2D eigenvalue weighted by Crippen LogP contribution is 2.29. The normalized spacial score (nSPS) is 17.8. The summed E-state index contributed by atoms with van der Waals surface area (Å²) in [7, 11) is 0. The standard InChI is InChI=1S/C20H24N2O2/c1-16(20(23)24)21-12-14-22(15-13-21)19(17-8-4-2-5-9-17)18-10-6-3-7-11-18/h2-11,16,19H,12-15H2,1H3,(H,23,24)/t16-/m1/s1. The zero-order valence-corrected chi connectivity index (χ0v) is 14.0. The van der Waals surface area contributed by atoms with Crippen LogP contribution in [0.5, 0.6) is 0 Å². The van der Waals surface area contributed by atoms with Gasteiger partial charge in [-0.1, -0.05) is 60.7 Å². The molecule has 0 aromatic heterocycles. The maximum absolute atomic E-state index is 11.2. The first-order valence-corrected chi connectivity index (χ1v) is 8.47. The molecule has 1 atom stereocenters. The Morgan fingerprint density at radius 2 is 1.25 bits per heavy atom. The summed E-state index contributed by atoms with van der Waals surface area (Å²) < 4.78 is 0. The van der Waals surface area contributed by atoms with Crippen molar-refractivity contribution in [2.24, 2.45) is 0 Å². The highest BCUT2D eigenvalue weighted by Gasteiger charge is 2.29. The van der Waals surface area contributed by atoms with E-state index in [-0.39, 0.29) is 6.04 Å². The molecule has 0 radical (unpaired) electrons. The molecule has 24 heavy (non-hydrogen) atoms. The molecule has 3 rings (SSSR count). The fourth-order valence-electron chi connectivity index (χ4n) is 3.42. The van der Waals surface area contributed by atoms with Gasteiger partial charge in [-0.2, -0.15) is 0 Å².